The molecule has 0 amide bonds. The van der Waals surface area contributed by atoms with Crippen molar-refractivity contribution < 1.29 is 0 Å². The van der Waals surface area contributed by atoms with Crippen LogP contribution in [0.1, 0.15) is 0 Å². The van der Waals surface area contributed by atoms with Crippen LogP contribution in [0.2, 0.25) is 0 Å². The zero-order valence-electron chi connectivity index (χ0n) is 75.2. The summed E-state index contributed by atoms with van der Waals surface area (Å²) >= 11 is 0. The van der Waals surface area contributed by atoms with Crippen molar-refractivity contribution in [1.29, 1.82) is 0 Å². The zero-order chi connectivity index (χ0) is 90.6. The molecule has 0 aliphatic carbocycles. The smallest absolute Gasteiger partial charge is 0.0547 e. The maximum Gasteiger partial charge on any atom is 0.0547 e. The standard InChI is InChI=1S/3C44H28N2/c1-2-13-32(14-3-1)46-40-21-11-8-18-37(40)44-41(46)27-24-31-28-30-12-4-5-15-34(30)42(43(31)44)29-22-25-33(26-23-29)45-38-19-9-6-16-35(38)36-17-7-10-20-39(36)45;1-2-12-34(13-3-1)45-40-16-8-6-14-36(40)39-28-32(20-24-42(39)45)29-18-22-35(23-19-29)46-41-17-9-7-15-37(41)44-38-27-31-11-5-4-10-30(31)26-33(38)21-25-43(44)46;1-2-12-34(13-3-1)46-42-24-20-32(28-39(42)44-38-27-31-11-5-4-10-30(31)26-33(38)21-25-43(44)46)29-18-22-35(23-19-29)45-40-16-8-6-14-36(40)37-15-7-9-17-41(37)45/h3*1-28H. The van der Waals surface area contributed by atoms with Gasteiger partial charge in [0.1, 0.15) is 0 Å². The van der Waals surface area contributed by atoms with Gasteiger partial charge < -0.3 is 27.4 Å². The molecule has 0 spiro atoms. The molecular formula is C132H84N6. The minimum Gasteiger partial charge on any atom is -0.309 e. The lowest BCUT2D eigenvalue weighted by Gasteiger charge is -2.15. The van der Waals surface area contributed by atoms with E-state index in [1.54, 1.807) is 0 Å². The zero-order valence-corrected chi connectivity index (χ0v) is 75.2. The largest absolute Gasteiger partial charge is 0.309 e. The van der Waals surface area contributed by atoms with E-state index in [0.29, 0.717) is 0 Å². The summed E-state index contributed by atoms with van der Waals surface area (Å²) in [7, 11) is 0. The van der Waals surface area contributed by atoms with Crippen LogP contribution in [0.4, 0.5) is 0 Å². The molecule has 138 heavy (non-hydrogen) atoms. The highest BCUT2D eigenvalue weighted by Gasteiger charge is 2.25. The Morgan fingerprint density at radius 3 is 0.746 bits per heavy atom. The van der Waals surface area contributed by atoms with Gasteiger partial charge in [-0.1, -0.05) is 322 Å². The molecule has 0 atom stereocenters. The van der Waals surface area contributed by atoms with E-state index in [0.717, 1.165) is 11.4 Å². The van der Waals surface area contributed by atoms with Gasteiger partial charge >= 0.3 is 0 Å². The Balaban J connectivity index is 0.000000102. The number of fused-ring (bicyclic) bond motifs is 27. The summed E-state index contributed by atoms with van der Waals surface area (Å²) in [6.45, 7) is 0. The molecule has 6 heterocycles. The van der Waals surface area contributed by atoms with Crippen LogP contribution in [-0.4, -0.2) is 27.4 Å². The van der Waals surface area contributed by atoms with Gasteiger partial charge in [-0.15, -0.1) is 0 Å². The highest BCUT2D eigenvalue weighted by molar-refractivity contribution is 6.30. The Hall–Kier alpha value is -18.4. The monoisotopic (exact) mass is 1750 g/mol. The van der Waals surface area contributed by atoms with Gasteiger partial charge in [0.15, 0.2) is 0 Å². The summed E-state index contributed by atoms with van der Waals surface area (Å²) in [5, 5.41) is 30.6. The average molecular weight is 1750 g/mol. The van der Waals surface area contributed by atoms with E-state index in [1.807, 2.05) is 0 Å². The van der Waals surface area contributed by atoms with Crippen LogP contribution in [0.3, 0.4) is 0 Å². The van der Waals surface area contributed by atoms with E-state index < -0.39 is 0 Å². The Labute approximate surface area is 794 Å². The van der Waals surface area contributed by atoms with Gasteiger partial charge in [-0.2, -0.15) is 0 Å². The number of hydrogen-bond donors (Lipinski definition) is 0. The number of aromatic nitrogens is 6. The molecule has 30 rings (SSSR count). The molecule has 0 aliphatic heterocycles. The van der Waals surface area contributed by atoms with Crippen LogP contribution < -0.4 is 0 Å². The van der Waals surface area contributed by atoms with Crippen LogP contribution in [-0.2, 0) is 0 Å². The van der Waals surface area contributed by atoms with E-state index in [2.05, 4.69) is 537 Å². The van der Waals surface area contributed by atoms with Crippen molar-refractivity contribution in [3.63, 3.8) is 0 Å². The Kier molecular flexibility index (Phi) is 18.0. The second-order valence-electron chi connectivity index (χ2n) is 36.5. The van der Waals surface area contributed by atoms with Crippen LogP contribution >= 0.6 is 0 Å². The van der Waals surface area contributed by atoms with Crippen molar-refractivity contribution in [2.75, 3.05) is 0 Å². The summed E-state index contributed by atoms with van der Waals surface area (Å²) in [5.74, 6) is 0. The molecule has 0 radical (unpaired) electrons. The molecule has 0 saturated carbocycles. The molecule has 0 unspecified atom stereocenters. The Bertz CT molecular complexity index is 10100. The van der Waals surface area contributed by atoms with E-state index >= 15 is 0 Å². The average Bonchev–Trinajstić information content (AvgIpc) is 1.51. The lowest BCUT2D eigenvalue weighted by atomic mass is 9.89. The third kappa shape index (κ3) is 12.4. The SMILES string of the molecule is c1ccc(-n2c3ccc(-c4ccc(-n5c6ccccc6c6ccccc65)cc4)cc3c3c4cc5ccccc5cc4ccc32)cc1.c1ccc(-n2c3ccccc3c3c4c(-c5ccc(-n6c7ccccc7c7ccccc76)cc5)c5ccccc5cc4ccc32)cc1.c1ccc(-n2c3ccccc3c3cc(-c4ccc(-n5c6ccccc6c6c7cc8ccccc8cc7ccc65)cc4)ccc32)cc1. The van der Waals surface area contributed by atoms with Gasteiger partial charge in [-0.3, -0.25) is 0 Å². The van der Waals surface area contributed by atoms with E-state index in [9.17, 15) is 0 Å². The Morgan fingerprint density at radius 1 is 0.101 bits per heavy atom. The predicted molar refractivity (Wildman–Crippen MR) is 587 cm³/mol. The first-order valence-electron chi connectivity index (χ1n) is 47.6. The highest BCUT2D eigenvalue weighted by Crippen LogP contribution is 2.49. The molecule has 6 nitrogen and oxygen atoms in total. The lowest BCUT2D eigenvalue weighted by molar-refractivity contribution is 1.18. The van der Waals surface area contributed by atoms with Gasteiger partial charge in [0.25, 0.3) is 0 Å². The van der Waals surface area contributed by atoms with Gasteiger partial charge in [0.05, 0.1) is 66.2 Å². The van der Waals surface area contributed by atoms with Crippen LogP contribution in [0.15, 0.2) is 510 Å². The Morgan fingerprint density at radius 2 is 0.341 bits per heavy atom. The molecule has 30 aromatic rings. The van der Waals surface area contributed by atoms with E-state index in [1.165, 1.54) is 252 Å². The minimum atomic E-state index is 1.16. The van der Waals surface area contributed by atoms with Gasteiger partial charge in [0, 0.05) is 104 Å². The molecule has 6 aromatic heterocycles. The summed E-state index contributed by atoms with van der Waals surface area (Å²) < 4.78 is 14.4. The normalized spacial score (nSPS) is 11.9. The van der Waals surface area contributed by atoms with Crippen molar-refractivity contribution >= 4 is 195 Å². The first kappa shape index (κ1) is 78.3. The molecule has 0 N–H and O–H groups in total. The summed E-state index contributed by atoms with van der Waals surface area (Å²) in [6, 6.07) is 186. The van der Waals surface area contributed by atoms with Crippen LogP contribution in [0, 0.1) is 0 Å². The van der Waals surface area contributed by atoms with Gasteiger partial charge in [-0.05, 0) is 281 Å². The third-order valence-electron chi connectivity index (χ3n) is 29.0. The fraction of sp³-hybridized carbons (Fsp3) is 0. The molecule has 0 aliphatic rings. The quantitative estimate of drug-likeness (QED) is 0.129. The molecule has 0 saturated heterocycles. The van der Waals surface area contributed by atoms with E-state index in [4.69, 9.17) is 0 Å². The minimum absolute atomic E-state index is 1.16. The maximum absolute atomic E-state index is 2.42. The third-order valence-corrected chi connectivity index (χ3v) is 29.0. The van der Waals surface area contributed by atoms with Gasteiger partial charge in [-0.25, -0.2) is 0 Å². The number of para-hydroxylation sites is 10. The van der Waals surface area contributed by atoms with Crippen LogP contribution in [0.25, 0.3) is 263 Å². The van der Waals surface area contributed by atoms with Gasteiger partial charge in [0.2, 0.25) is 0 Å². The predicted octanol–water partition coefficient (Wildman–Crippen LogP) is 35.6. The van der Waals surface area contributed by atoms with Crippen molar-refractivity contribution in [2.24, 2.45) is 0 Å². The molecule has 642 valence electrons. The number of rotatable bonds is 9. The molecule has 6 heteroatoms. The molecule has 0 fully saturated rings. The number of hydrogen-bond acceptors (Lipinski definition) is 0. The number of nitrogens with zero attached hydrogens (tertiary/aromatic N) is 6. The number of benzene rings is 24. The summed E-state index contributed by atoms with van der Waals surface area (Å²) in [6.07, 6.45) is 0. The first-order valence-corrected chi connectivity index (χ1v) is 47.6. The second-order valence-corrected chi connectivity index (χ2v) is 36.5. The molecule has 24 aromatic carbocycles. The van der Waals surface area contributed by atoms with Crippen molar-refractivity contribution in [2.45, 2.75) is 0 Å². The maximum atomic E-state index is 2.42. The fourth-order valence-corrected chi connectivity index (χ4v) is 22.9. The van der Waals surface area contributed by atoms with Crippen molar-refractivity contribution in [1.82, 2.24) is 27.4 Å². The highest BCUT2D eigenvalue weighted by atomic mass is 15.0. The molecule has 0 bridgehead atoms. The first-order chi connectivity index (χ1) is 68.5. The summed E-state index contributed by atoms with van der Waals surface area (Å²) in [5.41, 5.74) is 29.0. The topological polar surface area (TPSA) is 29.6 Å². The van der Waals surface area contributed by atoms with Crippen LogP contribution in [0.5, 0.6) is 0 Å². The summed E-state index contributed by atoms with van der Waals surface area (Å²) in [4.78, 5) is 0. The molecular weight excluding hydrogens is 1670 g/mol. The van der Waals surface area contributed by atoms with E-state index in [-0.39, 0.29) is 0 Å². The van der Waals surface area contributed by atoms with Crippen molar-refractivity contribution in [3.05, 3.63) is 510 Å². The fourth-order valence-electron chi connectivity index (χ4n) is 22.9. The lowest BCUT2D eigenvalue weighted by Crippen LogP contribution is -1.94. The van der Waals surface area contributed by atoms with Crippen molar-refractivity contribution in [3.8, 4) is 67.5 Å². The second kappa shape index (κ2) is 31.7.